The summed E-state index contributed by atoms with van der Waals surface area (Å²) in [6, 6.07) is 6.37. The van der Waals surface area contributed by atoms with Crippen LogP contribution in [0, 0.1) is 5.92 Å². The molecule has 1 heterocycles. The molecular formula is C16H24N2O. The van der Waals surface area contributed by atoms with Crippen LogP contribution in [0.25, 0.3) is 11.0 Å². The molecule has 2 rings (SSSR count). The van der Waals surface area contributed by atoms with Crippen molar-refractivity contribution in [2.75, 3.05) is 6.61 Å². The van der Waals surface area contributed by atoms with Crippen LogP contribution in [0.2, 0.25) is 0 Å². The highest BCUT2D eigenvalue weighted by Crippen LogP contribution is 2.24. The maximum absolute atomic E-state index is 9.40. The van der Waals surface area contributed by atoms with Crippen LogP contribution in [-0.2, 0) is 13.5 Å². The monoisotopic (exact) mass is 260 g/mol. The van der Waals surface area contributed by atoms with Crippen molar-refractivity contribution in [3.63, 3.8) is 0 Å². The largest absolute Gasteiger partial charge is 0.396 e. The van der Waals surface area contributed by atoms with Gasteiger partial charge in [0.25, 0.3) is 0 Å². The molecule has 19 heavy (non-hydrogen) atoms. The fraction of sp³-hybridized carbons (Fsp3) is 0.562. The number of nitrogens with zero attached hydrogens (tertiary/aromatic N) is 2. The number of benzene rings is 1. The molecule has 0 spiro atoms. The third-order valence-corrected chi connectivity index (χ3v) is 3.77. The molecule has 104 valence electrons. The maximum atomic E-state index is 9.40. The molecule has 0 radical (unpaired) electrons. The first-order valence-corrected chi connectivity index (χ1v) is 7.12. The number of hydrogen-bond donors (Lipinski definition) is 1. The van der Waals surface area contributed by atoms with Gasteiger partial charge < -0.3 is 9.67 Å². The van der Waals surface area contributed by atoms with Crippen molar-refractivity contribution in [2.45, 2.75) is 39.5 Å². The van der Waals surface area contributed by atoms with E-state index in [1.165, 1.54) is 11.1 Å². The van der Waals surface area contributed by atoms with E-state index in [0.717, 1.165) is 24.2 Å². The molecular weight excluding hydrogens is 236 g/mol. The zero-order valence-electron chi connectivity index (χ0n) is 12.3. The van der Waals surface area contributed by atoms with Gasteiger partial charge in [-0.2, -0.15) is 0 Å². The molecule has 0 bridgehead atoms. The highest BCUT2D eigenvalue weighted by molar-refractivity contribution is 5.77. The summed E-state index contributed by atoms with van der Waals surface area (Å²) in [5, 5.41) is 9.40. The number of aryl methyl sites for hydroxylation is 1. The summed E-state index contributed by atoms with van der Waals surface area (Å²) < 4.78 is 2.18. The van der Waals surface area contributed by atoms with Gasteiger partial charge in [-0.15, -0.1) is 0 Å². The third-order valence-electron chi connectivity index (χ3n) is 3.77. The predicted molar refractivity (Wildman–Crippen MR) is 79.4 cm³/mol. The normalized spacial score (nSPS) is 13.4. The van der Waals surface area contributed by atoms with Gasteiger partial charge in [0.2, 0.25) is 0 Å². The van der Waals surface area contributed by atoms with Gasteiger partial charge in [0, 0.05) is 26.0 Å². The lowest BCUT2D eigenvalue weighted by Gasteiger charge is -2.11. The molecule has 1 aromatic carbocycles. The summed E-state index contributed by atoms with van der Waals surface area (Å²) in [4.78, 5) is 4.75. The van der Waals surface area contributed by atoms with E-state index in [1.807, 2.05) is 0 Å². The van der Waals surface area contributed by atoms with Gasteiger partial charge in [0.05, 0.1) is 11.0 Å². The number of fused-ring (bicyclic) bond motifs is 1. The Hall–Kier alpha value is -1.35. The van der Waals surface area contributed by atoms with Crippen LogP contribution in [0.4, 0.5) is 0 Å². The second-order valence-corrected chi connectivity index (χ2v) is 5.72. The minimum atomic E-state index is 0.202. The summed E-state index contributed by atoms with van der Waals surface area (Å²) >= 11 is 0. The van der Waals surface area contributed by atoms with Crippen LogP contribution in [0.1, 0.15) is 44.5 Å². The first-order chi connectivity index (χ1) is 9.06. The Morgan fingerprint density at radius 3 is 2.63 bits per heavy atom. The summed E-state index contributed by atoms with van der Waals surface area (Å²) in [5.41, 5.74) is 3.40. The molecule has 2 aromatic rings. The van der Waals surface area contributed by atoms with Crippen molar-refractivity contribution in [1.29, 1.82) is 0 Å². The van der Waals surface area contributed by atoms with Crippen LogP contribution in [0.5, 0.6) is 0 Å². The Morgan fingerprint density at radius 1 is 1.32 bits per heavy atom. The Labute approximate surface area is 115 Å². The van der Waals surface area contributed by atoms with E-state index in [-0.39, 0.29) is 12.5 Å². The zero-order valence-corrected chi connectivity index (χ0v) is 12.3. The van der Waals surface area contributed by atoms with Gasteiger partial charge in [-0.25, -0.2) is 4.98 Å². The van der Waals surface area contributed by atoms with Gasteiger partial charge in [-0.3, -0.25) is 0 Å². The van der Waals surface area contributed by atoms with Crippen molar-refractivity contribution >= 4 is 11.0 Å². The fourth-order valence-corrected chi connectivity index (χ4v) is 2.54. The highest BCUT2D eigenvalue weighted by Gasteiger charge is 2.13. The van der Waals surface area contributed by atoms with Crippen LogP contribution in [-0.4, -0.2) is 21.3 Å². The number of imidazole rings is 1. The van der Waals surface area contributed by atoms with Crippen molar-refractivity contribution in [2.24, 2.45) is 13.0 Å². The fourth-order valence-electron chi connectivity index (χ4n) is 2.54. The smallest absolute Gasteiger partial charge is 0.109 e. The molecule has 0 saturated carbocycles. The summed E-state index contributed by atoms with van der Waals surface area (Å²) in [6.07, 6.45) is 1.95. The molecule has 3 nitrogen and oxygen atoms in total. The Bertz CT molecular complexity index is 553. The molecule has 3 heteroatoms. The zero-order chi connectivity index (χ0) is 14.0. The van der Waals surface area contributed by atoms with Gasteiger partial charge in [0.1, 0.15) is 5.82 Å². The van der Waals surface area contributed by atoms with Gasteiger partial charge in [0.15, 0.2) is 0 Å². The molecule has 1 atom stereocenters. The maximum Gasteiger partial charge on any atom is 0.109 e. The molecule has 0 fully saturated rings. The molecule has 1 N–H and O–H groups in total. The minimum absolute atomic E-state index is 0.202. The molecule has 1 unspecified atom stereocenters. The standard InChI is InChI=1S/C16H24N2O/c1-5-12(10-19)13-6-7-15-14(9-13)17-16(18(15)4)8-11(2)3/h6-7,9,11-12,19H,5,8,10H2,1-4H3. The first-order valence-electron chi connectivity index (χ1n) is 7.12. The molecule has 0 aliphatic rings. The highest BCUT2D eigenvalue weighted by atomic mass is 16.3. The lowest BCUT2D eigenvalue weighted by atomic mass is 9.97. The van der Waals surface area contributed by atoms with Crippen molar-refractivity contribution in [3.05, 3.63) is 29.6 Å². The van der Waals surface area contributed by atoms with E-state index in [9.17, 15) is 5.11 Å². The summed E-state index contributed by atoms with van der Waals surface area (Å²) in [5.74, 6) is 1.97. The van der Waals surface area contributed by atoms with E-state index in [1.54, 1.807) is 0 Å². The second-order valence-electron chi connectivity index (χ2n) is 5.72. The SMILES string of the molecule is CCC(CO)c1ccc2c(c1)nc(CC(C)C)n2C. The van der Waals surface area contributed by atoms with E-state index < -0.39 is 0 Å². The summed E-state index contributed by atoms with van der Waals surface area (Å²) in [6.45, 7) is 6.73. The molecule has 0 aliphatic carbocycles. The number of aliphatic hydroxyl groups excluding tert-OH is 1. The van der Waals surface area contributed by atoms with E-state index in [2.05, 4.69) is 50.6 Å². The van der Waals surface area contributed by atoms with E-state index >= 15 is 0 Å². The Balaban J connectivity index is 2.43. The number of aromatic nitrogens is 2. The van der Waals surface area contributed by atoms with Gasteiger partial charge in [-0.05, 0) is 30.0 Å². The second kappa shape index (κ2) is 5.74. The lowest BCUT2D eigenvalue weighted by Crippen LogP contribution is -2.02. The van der Waals surface area contributed by atoms with Crippen LogP contribution >= 0.6 is 0 Å². The predicted octanol–water partition coefficient (Wildman–Crippen LogP) is 3.26. The average molecular weight is 260 g/mol. The first kappa shape index (κ1) is 14.1. The molecule has 0 amide bonds. The Kier molecular flexibility index (Phi) is 4.25. The van der Waals surface area contributed by atoms with Crippen LogP contribution in [0.15, 0.2) is 18.2 Å². The number of hydrogen-bond acceptors (Lipinski definition) is 2. The van der Waals surface area contributed by atoms with Crippen molar-refractivity contribution in [3.8, 4) is 0 Å². The van der Waals surface area contributed by atoms with Gasteiger partial charge >= 0.3 is 0 Å². The lowest BCUT2D eigenvalue weighted by molar-refractivity contribution is 0.262. The summed E-state index contributed by atoms with van der Waals surface area (Å²) in [7, 11) is 2.08. The molecule has 1 aromatic heterocycles. The number of aliphatic hydroxyl groups is 1. The van der Waals surface area contributed by atoms with Crippen molar-refractivity contribution < 1.29 is 5.11 Å². The van der Waals surface area contributed by atoms with Crippen LogP contribution < -0.4 is 0 Å². The third kappa shape index (κ3) is 2.81. The molecule has 0 aliphatic heterocycles. The topological polar surface area (TPSA) is 38.1 Å². The van der Waals surface area contributed by atoms with E-state index in [0.29, 0.717) is 5.92 Å². The van der Waals surface area contributed by atoms with Gasteiger partial charge in [-0.1, -0.05) is 26.8 Å². The van der Waals surface area contributed by atoms with E-state index in [4.69, 9.17) is 4.98 Å². The number of rotatable bonds is 5. The average Bonchev–Trinajstić information content (AvgIpc) is 2.67. The minimum Gasteiger partial charge on any atom is -0.396 e. The van der Waals surface area contributed by atoms with Crippen LogP contribution in [0.3, 0.4) is 0 Å². The quantitative estimate of drug-likeness (QED) is 0.896. The van der Waals surface area contributed by atoms with Crippen molar-refractivity contribution in [1.82, 2.24) is 9.55 Å². The Morgan fingerprint density at radius 2 is 2.05 bits per heavy atom. The molecule has 0 saturated heterocycles.